The summed E-state index contributed by atoms with van der Waals surface area (Å²) in [4.78, 5) is 0. The van der Waals surface area contributed by atoms with Crippen molar-refractivity contribution in [2.75, 3.05) is 0 Å². The van der Waals surface area contributed by atoms with E-state index in [1.54, 1.807) is 0 Å². The average molecular weight is 761 g/mol. The first-order valence-corrected chi connectivity index (χ1v) is 20.7. The van der Waals surface area contributed by atoms with Crippen LogP contribution < -0.4 is 0 Å². The molecule has 60 heavy (non-hydrogen) atoms. The normalized spacial score (nSPS) is 11.3. The second-order valence-corrected chi connectivity index (χ2v) is 15.6. The predicted molar refractivity (Wildman–Crippen MR) is 257 cm³/mol. The predicted octanol–water partition coefficient (Wildman–Crippen LogP) is 16.8. The summed E-state index contributed by atoms with van der Waals surface area (Å²) in [5.74, 6) is 0. The van der Waals surface area contributed by atoms with E-state index in [0.29, 0.717) is 0 Å². The monoisotopic (exact) mass is 760 g/mol. The van der Waals surface area contributed by atoms with Crippen molar-refractivity contribution in [3.8, 4) is 77.9 Å². The lowest BCUT2D eigenvalue weighted by Gasteiger charge is -2.19. The Morgan fingerprint density at radius 3 is 1.08 bits per heavy atom. The molecule has 0 aliphatic heterocycles. The van der Waals surface area contributed by atoms with Gasteiger partial charge in [-0.1, -0.05) is 212 Å². The molecule has 0 aliphatic carbocycles. The van der Waals surface area contributed by atoms with E-state index in [4.69, 9.17) is 0 Å². The van der Waals surface area contributed by atoms with Crippen LogP contribution in [0.1, 0.15) is 0 Å². The Kier molecular flexibility index (Phi) is 8.95. The Labute approximate surface area is 351 Å². The molecule has 0 aromatic heterocycles. The van der Waals surface area contributed by atoms with Gasteiger partial charge in [0.25, 0.3) is 0 Å². The molecule has 0 saturated heterocycles. The van der Waals surface area contributed by atoms with Gasteiger partial charge >= 0.3 is 0 Å². The van der Waals surface area contributed by atoms with Gasteiger partial charge in [-0.05, 0) is 141 Å². The molecule has 0 saturated carbocycles. The smallest absolute Gasteiger partial charge is 0.00266 e. The van der Waals surface area contributed by atoms with Gasteiger partial charge in [0.1, 0.15) is 0 Å². The first kappa shape index (κ1) is 35.4. The van der Waals surface area contributed by atoms with Crippen LogP contribution in [-0.2, 0) is 0 Å². The van der Waals surface area contributed by atoms with Crippen LogP contribution in [0.2, 0.25) is 0 Å². The van der Waals surface area contributed by atoms with E-state index < -0.39 is 0 Å². The van der Waals surface area contributed by atoms with Crippen LogP contribution in [0.15, 0.2) is 243 Å². The fourth-order valence-corrected chi connectivity index (χ4v) is 9.12. The molecule has 0 spiro atoms. The minimum absolute atomic E-state index is 1.20. The van der Waals surface area contributed by atoms with Crippen molar-refractivity contribution in [1.29, 1.82) is 0 Å². The molecule has 280 valence electrons. The number of rotatable bonds is 7. The van der Waals surface area contributed by atoms with E-state index in [-0.39, 0.29) is 0 Å². The van der Waals surface area contributed by atoms with Gasteiger partial charge in [0.2, 0.25) is 0 Å². The summed E-state index contributed by atoms with van der Waals surface area (Å²) in [5, 5.41) is 7.42. The molecule has 0 N–H and O–H groups in total. The molecule has 0 unspecified atom stereocenters. The van der Waals surface area contributed by atoms with Crippen molar-refractivity contribution in [2.45, 2.75) is 0 Å². The zero-order chi connectivity index (χ0) is 39.8. The van der Waals surface area contributed by atoms with Crippen LogP contribution in [0, 0.1) is 0 Å². The molecular weight excluding hydrogens is 721 g/mol. The van der Waals surface area contributed by atoms with Crippen LogP contribution in [-0.4, -0.2) is 0 Å². The summed E-state index contributed by atoms with van der Waals surface area (Å²) in [7, 11) is 0. The van der Waals surface area contributed by atoms with Gasteiger partial charge in [0, 0.05) is 0 Å². The van der Waals surface area contributed by atoms with Crippen LogP contribution in [0.5, 0.6) is 0 Å². The lowest BCUT2D eigenvalue weighted by Crippen LogP contribution is -1.93. The first-order valence-electron chi connectivity index (χ1n) is 20.7. The fourth-order valence-electron chi connectivity index (χ4n) is 9.12. The van der Waals surface area contributed by atoms with Gasteiger partial charge < -0.3 is 0 Å². The Bertz CT molecular complexity index is 3310. The van der Waals surface area contributed by atoms with Crippen LogP contribution in [0.3, 0.4) is 0 Å². The summed E-state index contributed by atoms with van der Waals surface area (Å²) in [6.07, 6.45) is 0. The standard InChI is InChI=1S/C60H40/c1-6-16-41(17-7-1)49-29-31-51-38-52(40-57(58(51)39-49)43-20-10-3-11-21-43)48-27-26-47-37-50(30-28-46(47)36-48)54-33-35-55-56(60(54)45-24-14-5-15-25-45)34-32-53(42-18-8-2-9-19-42)59(55)44-22-12-4-13-23-44/h1-40H. The second-order valence-electron chi connectivity index (χ2n) is 15.6. The van der Waals surface area contributed by atoms with Gasteiger partial charge in [-0.2, -0.15) is 0 Å². The first-order chi connectivity index (χ1) is 29.7. The lowest BCUT2D eigenvalue weighted by atomic mass is 9.84. The molecule has 0 radical (unpaired) electrons. The molecule has 0 aliphatic rings. The third-order valence-electron chi connectivity index (χ3n) is 12.0. The maximum Gasteiger partial charge on any atom is -0.00266 e. The minimum Gasteiger partial charge on any atom is -0.0622 e. The molecule has 11 aromatic rings. The number of hydrogen-bond donors (Lipinski definition) is 0. The molecule has 11 aromatic carbocycles. The van der Waals surface area contributed by atoms with E-state index in [9.17, 15) is 0 Å². The Balaban J connectivity index is 1.04. The summed E-state index contributed by atoms with van der Waals surface area (Å²) in [6, 6.07) is 88.8. The summed E-state index contributed by atoms with van der Waals surface area (Å²) < 4.78 is 0. The number of hydrogen-bond acceptors (Lipinski definition) is 0. The fraction of sp³-hybridized carbons (Fsp3) is 0. The van der Waals surface area contributed by atoms with E-state index in [1.807, 2.05) is 0 Å². The van der Waals surface area contributed by atoms with Gasteiger partial charge in [0.15, 0.2) is 0 Å². The van der Waals surface area contributed by atoms with E-state index in [0.717, 1.165) is 0 Å². The van der Waals surface area contributed by atoms with Gasteiger partial charge in [0.05, 0.1) is 0 Å². The van der Waals surface area contributed by atoms with E-state index >= 15 is 0 Å². The summed E-state index contributed by atoms with van der Waals surface area (Å²) >= 11 is 0. The third-order valence-corrected chi connectivity index (χ3v) is 12.0. The van der Waals surface area contributed by atoms with Gasteiger partial charge in [-0.15, -0.1) is 0 Å². The van der Waals surface area contributed by atoms with E-state index in [2.05, 4.69) is 243 Å². The minimum atomic E-state index is 1.20. The second kappa shape index (κ2) is 15.2. The Morgan fingerprint density at radius 1 is 0.167 bits per heavy atom. The van der Waals surface area contributed by atoms with Gasteiger partial charge in [-0.25, -0.2) is 0 Å². The highest BCUT2D eigenvalue weighted by molar-refractivity contribution is 6.13. The Hall–Kier alpha value is -7.80. The molecular formula is C60H40. The molecule has 0 amide bonds. The van der Waals surface area contributed by atoms with Crippen LogP contribution >= 0.6 is 0 Å². The zero-order valence-corrected chi connectivity index (χ0v) is 33.1. The summed E-state index contributed by atoms with van der Waals surface area (Å²) in [6.45, 7) is 0. The van der Waals surface area contributed by atoms with Crippen molar-refractivity contribution >= 4 is 32.3 Å². The maximum atomic E-state index is 2.37. The topological polar surface area (TPSA) is 0 Å². The highest BCUT2D eigenvalue weighted by Gasteiger charge is 2.18. The van der Waals surface area contributed by atoms with Crippen LogP contribution in [0.25, 0.3) is 110 Å². The number of benzene rings is 11. The molecule has 0 bridgehead atoms. The molecule has 0 heterocycles. The summed E-state index contributed by atoms with van der Waals surface area (Å²) in [5.41, 5.74) is 17.2. The third kappa shape index (κ3) is 6.46. The largest absolute Gasteiger partial charge is 0.0622 e. The van der Waals surface area contributed by atoms with Crippen molar-refractivity contribution in [3.05, 3.63) is 243 Å². The number of fused-ring (bicyclic) bond motifs is 3. The van der Waals surface area contributed by atoms with Crippen molar-refractivity contribution in [2.24, 2.45) is 0 Å². The average Bonchev–Trinajstić information content (AvgIpc) is 3.33. The van der Waals surface area contributed by atoms with Crippen LogP contribution in [0.4, 0.5) is 0 Å². The highest BCUT2D eigenvalue weighted by atomic mass is 14.2. The van der Waals surface area contributed by atoms with Crippen molar-refractivity contribution < 1.29 is 0 Å². The molecule has 0 atom stereocenters. The zero-order valence-electron chi connectivity index (χ0n) is 33.1. The molecule has 0 fully saturated rings. The highest BCUT2D eigenvalue weighted by Crippen LogP contribution is 2.45. The molecule has 0 nitrogen and oxygen atoms in total. The van der Waals surface area contributed by atoms with Crippen molar-refractivity contribution in [1.82, 2.24) is 0 Å². The maximum absolute atomic E-state index is 2.37. The Morgan fingerprint density at radius 2 is 0.550 bits per heavy atom. The lowest BCUT2D eigenvalue weighted by molar-refractivity contribution is 1.59. The molecule has 11 rings (SSSR count). The van der Waals surface area contributed by atoms with Gasteiger partial charge in [-0.3, -0.25) is 0 Å². The SMILES string of the molecule is c1ccc(-c2ccc3cc(-c4ccc5cc(-c6ccc7c(-c8ccccc8)c(-c8ccccc8)ccc7c6-c6ccccc6)ccc5c4)cc(-c4ccccc4)c3c2)cc1. The van der Waals surface area contributed by atoms with E-state index in [1.165, 1.54) is 110 Å². The quantitative estimate of drug-likeness (QED) is 0.152. The van der Waals surface area contributed by atoms with Crippen molar-refractivity contribution in [3.63, 3.8) is 0 Å². The molecule has 0 heteroatoms.